The summed E-state index contributed by atoms with van der Waals surface area (Å²) in [6, 6.07) is 8.43. The first kappa shape index (κ1) is 23.9. The zero-order chi connectivity index (χ0) is 23.0. The smallest absolute Gasteiger partial charge is 0.186 e. The van der Waals surface area contributed by atoms with Gasteiger partial charge in [-0.15, -0.1) is 0 Å². The number of ketones is 1. The summed E-state index contributed by atoms with van der Waals surface area (Å²) in [4.78, 5) is 26.7. The van der Waals surface area contributed by atoms with Gasteiger partial charge in [0.15, 0.2) is 10.9 Å². The Labute approximate surface area is 201 Å². The van der Waals surface area contributed by atoms with Gasteiger partial charge in [0.2, 0.25) is 0 Å². The van der Waals surface area contributed by atoms with E-state index in [-0.39, 0.29) is 5.78 Å². The molecule has 0 aliphatic carbocycles. The number of aromatic nitrogens is 2. The van der Waals surface area contributed by atoms with Crippen molar-refractivity contribution in [3.05, 3.63) is 47.1 Å². The highest BCUT2D eigenvalue weighted by atomic mass is 32.1. The second-order valence-corrected chi connectivity index (χ2v) is 10.0. The monoisotopic (exact) mass is 468 g/mol. The first-order valence-corrected chi connectivity index (χ1v) is 13.0. The van der Waals surface area contributed by atoms with Crippen LogP contribution in [0.2, 0.25) is 0 Å². The average molecular weight is 469 g/mol. The summed E-state index contributed by atoms with van der Waals surface area (Å²) in [6.45, 7) is 7.88. The molecule has 0 spiro atoms. The SMILES string of the molecule is CCCCC(CC(=O)c1cnc(N2CCN(CCOC)CC2)s1)Cc1c[nH]c2ccccc12. The number of nitrogens with one attached hydrogen (secondary N) is 1. The topological polar surface area (TPSA) is 61.5 Å². The zero-order valence-electron chi connectivity index (χ0n) is 19.9. The molecule has 0 radical (unpaired) electrons. The molecule has 3 aromatic rings. The lowest BCUT2D eigenvalue weighted by Gasteiger charge is -2.34. The van der Waals surface area contributed by atoms with Gasteiger partial charge >= 0.3 is 0 Å². The van der Waals surface area contributed by atoms with Crippen LogP contribution in [0.15, 0.2) is 36.7 Å². The Morgan fingerprint density at radius 1 is 1.24 bits per heavy atom. The van der Waals surface area contributed by atoms with E-state index in [1.807, 2.05) is 0 Å². The van der Waals surface area contributed by atoms with Crippen LogP contribution in [-0.2, 0) is 11.2 Å². The maximum atomic E-state index is 13.2. The van der Waals surface area contributed by atoms with E-state index < -0.39 is 0 Å². The molecule has 178 valence electrons. The Bertz CT molecular complexity index is 1020. The molecule has 1 unspecified atom stereocenters. The minimum Gasteiger partial charge on any atom is -0.383 e. The van der Waals surface area contributed by atoms with Gasteiger partial charge in [0.05, 0.1) is 17.7 Å². The van der Waals surface area contributed by atoms with E-state index in [4.69, 9.17) is 4.74 Å². The number of anilines is 1. The number of aromatic amines is 1. The van der Waals surface area contributed by atoms with Gasteiger partial charge in [0, 0.05) is 63.4 Å². The number of methoxy groups -OCH3 is 1. The largest absolute Gasteiger partial charge is 0.383 e. The second kappa shape index (κ2) is 11.8. The molecule has 1 atom stereocenters. The number of hydrogen-bond acceptors (Lipinski definition) is 6. The molecule has 7 heteroatoms. The molecule has 0 bridgehead atoms. The normalized spacial score (nSPS) is 15.9. The maximum Gasteiger partial charge on any atom is 0.186 e. The number of H-pyrrole nitrogens is 1. The predicted octanol–water partition coefficient (Wildman–Crippen LogP) is 5.01. The molecule has 0 saturated carbocycles. The van der Waals surface area contributed by atoms with Gasteiger partial charge in [-0.1, -0.05) is 49.3 Å². The van der Waals surface area contributed by atoms with Crippen molar-refractivity contribution in [3.63, 3.8) is 0 Å². The van der Waals surface area contributed by atoms with Crippen LogP contribution < -0.4 is 4.90 Å². The molecule has 4 rings (SSSR count). The van der Waals surface area contributed by atoms with E-state index in [2.05, 4.69) is 57.2 Å². The van der Waals surface area contributed by atoms with Crippen molar-refractivity contribution in [1.29, 1.82) is 0 Å². The summed E-state index contributed by atoms with van der Waals surface area (Å²) in [5.41, 5.74) is 2.48. The highest BCUT2D eigenvalue weighted by Crippen LogP contribution is 2.29. The number of ether oxygens (including phenoxy) is 1. The number of Topliss-reactive ketones (excluding diaryl/α,β-unsaturated/α-hetero) is 1. The fourth-order valence-corrected chi connectivity index (χ4v) is 5.58. The van der Waals surface area contributed by atoms with Crippen LogP contribution in [0.1, 0.15) is 47.8 Å². The van der Waals surface area contributed by atoms with E-state index in [1.165, 1.54) is 16.5 Å². The van der Waals surface area contributed by atoms with Crippen molar-refractivity contribution in [2.75, 3.05) is 51.3 Å². The Balaban J connectivity index is 1.37. The Morgan fingerprint density at radius 3 is 2.85 bits per heavy atom. The van der Waals surface area contributed by atoms with E-state index >= 15 is 0 Å². The predicted molar refractivity (Wildman–Crippen MR) is 137 cm³/mol. The molecule has 1 aliphatic heterocycles. The van der Waals surface area contributed by atoms with E-state index in [1.54, 1.807) is 24.6 Å². The van der Waals surface area contributed by atoms with Crippen LogP contribution in [0.5, 0.6) is 0 Å². The van der Waals surface area contributed by atoms with Gasteiger partial charge < -0.3 is 14.6 Å². The van der Waals surface area contributed by atoms with Gasteiger partial charge in [-0.3, -0.25) is 9.69 Å². The number of thiazole rings is 1. The molecule has 6 nitrogen and oxygen atoms in total. The molecule has 2 aromatic heterocycles. The molecular weight excluding hydrogens is 432 g/mol. The molecule has 1 saturated heterocycles. The first-order chi connectivity index (χ1) is 16.2. The van der Waals surface area contributed by atoms with Crippen molar-refractivity contribution in [2.45, 2.75) is 39.0 Å². The van der Waals surface area contributed by atoms with Gasteiger partial charge in [-0.05, 0) is 30.4 Å². The van der Waals surface area contributed by atoms with Crippen LogP contribution in [0.25, 0.3) is 10.9 Å². The maximum absolute atomic E-state index is 13.2. The number of hydrogen-bond donors (Lipinski definition) is 1. The van der Waals surface area contributed by atoms with Crippen molar-refractivity contribution < 1.29 is 9.53 Å². The van der Waals surface area contributed by atoms with Gasteiger partial charge in [0.1, 0.15) is 0 Å². The van der Waals surface area contributed by atoms with E-state index in [0.29, 0.717) is 12.3 Å². The minimum absolute atomic E-state index is 0.235. The number of unbranched alkanes of at least 4 members (excludes halogenated alkanes) is 1. The lowest BCUT2D eigenvalue weighted by molar-refractivity contribution is 0.0962. The van der Waals surface area contributed by atoms with Crippen molar-refractivity contribution in [3.8, 4) is 0 Å². The van der Waals surface area contributed by atoms with Crippen molar-refractivity contribution in [1.82, 2.24) is 14.9 Å². The Morgan fingerprint density at radius 2 is 2.06 bits per heavy atom. The third-order valence-corrected chi connectivity index (χ3v) is 7.75. The van der Waals surface area contributed by atoms with Crippen LogP contribution in [0, 0.1) is 5.92 Å². The molecule has 1 aromatic carbocycles. The number of rotatable bonds is 12. The third kappa shape index (κ3) is 6.22. The summed E-state index contributed by atoms with van der Waals surface area (Å²) < 4.78 is 5.19. The molecule has 1 N–H and O–H groups in total. The fraction of sp³-hybridized carbons (Fsp3) is 0.538. The van der Waals surface area contributed by atoms with Crippen LogP contribution in [0.4, 0.5) is 5.13 Å². The number of piperazine rings is 1. The van der Waals surface area contributed by atoms with Gasteiger partial charge in [-0.2, -0.15) is 0 Å². The van der Waals surface area contributed by atoms with E-state index in [0.717, 1.165) is 75.0 Å². The zero-order valence-corrected chi connectivity index (χ0v) is 20.7. The van der Waals surface area contributed by atoms with Crippen LogP contribution in [0.3, 0.4) is 0 Å². The summed E-state index contributed by atoms with van der Waals surface area (Å²) >= 11 is 1.56. The number of carbonyl (C=O) groups excluding carboxylic acids is 1. The Kier molecular flexibility index (Phi) is 8.53. The van der Waals surface area contributed by atoms with Gasteiger partial charge in [0.25, 0.3) is 0 Å². The van der Waals surface area contributed by atoms with Crippen LogP contribution in [-0.4, -0.2) is 67.1 Å². The fourth-order valence-electron chi connectivity index (χ4n) is 4.67. The standard InChI is InChI=1S/C26H36N4O2S/c1-3-4-7-20(16-21-18-27-23-9-6-5-8-22(21)23)17-24(31)25-19-28-26(33-25)30-12-10-29(11-13-30)14-15-32-2/h5-6,8-9,18-20,27H,3-4,7,10-17H2,1-2H3. The minimum atomic E-state index is 0.235. The molecule has 0 amide bonds. The third-order valence-electron chi connectivity index (χ3n) is 6.65. The summed E-state index contributed by atoms with van der Waals surface area (Å²) in [5.74, 6) is 0.588. The lowest BCUT2D eigenvalue weighted by atomic mass is 9.89. The molecule has 33 heavy (non-hydrogen) atoms. The van der Waals surface area contributed by atoms with Gasteiger partial charge in [-0.25, -0.2) is 4.98 Å². The van der Waals surface area contributed by atoms with Crippen molar-refractivity contribution in [2.24, 2.45) is 5.92 Å². The number of fused-ring (bicyclic) bond motifs is 1. The average Bonchev–Trinajstić information content (AvgIpc) is 3.50. The lowest BCUT2D eigenvalue weighted by Crippen LogP contribution is -2.47. The molecule has 3 heterocycles. The number of benzene rings is 1. The first-order valence-electron chi connectivity index (χ1n) is 12.2. The van der Waals surface area contributed by atoms with Crippen LogP contribution >= 0.6 is 11.3 Å². The molecular formula is C26H36N4O2S. The van der Waals surface area contributed by atoms with Crippen molar-refractivity contribution >= 4 is 33.2 Å². The summed E-state index contributed by atoms with van der Waals surface area (Å²) in [5, 5.41) is 2.25. The second-order valence-electron chi connectivity index (χ2n) is 9.03. The Hall–Kier alpha value is -2.22. The molecule has 1 fully saturated rings. The highest BCUT2D eigenvalue weighted by molar-refractivity contribution is 7.17. The molecule has 1 aliphatic rings. The highest BCUT2D eigenvalue weighted by Gasteiger charge is 2.22. The summed E-state index contributed by atoms with van der Waals surface area (Å²) in [7, 11) is 1.75. The number of nitrogens with zero attached hydrogens (tertiary/aromatic N) is 3. The summed E-state index contributed by atoms with van der Waals surface area (Å²) in [6.07, 6.45) is 8.82. The number of para-hydroxylation sites is 1. The quantitative estimate of drug-likeness (QED) is 0.379. The van der Waals surface area contributed by atoms with E-state index in [9.17, 15) is 4.79 Å². The number of carbonyl (C=O) groups is 1.